The van der Waals surface area contributed by atoms with E-state index in [4.69, 9.17) is 0 Å². The predicted molar refractivity (Wildman–Crippen MR) is 111 cm³/mol. The third-order valence-corrected chi connectivity index (χ3v) is 8.20. The molecular weight excluding hydrogens is 472 g/mol. The highest BCUT2D eigenvalue weighted by Gasteiger charge is 2.44. The van der Waals surface area contributed by atoms with E-state index in [0.717, 1.165) is 22.0 Å². The largest absolute Gasteiger partial charge is 0.276 e. The molecule has 1 fully saturated rings. The molecule has 0 saturated carbocycles. The molecule has 0 unspecified atom stereocenters. The van der Waals surface area contributed by atoms with E-state index in [-0.39, 0.29) is 17.9 Å². The molecule has 2 atom stereocenters. The van der Waals surface area contributed by atoms with Gasteiger partial charge in [0.2, 0.25) is 10.0 Å². The highest BCUT2D eigenvalue weighted by molar-refractivity contribution is 7.89. The molecular formula is C18H19F2N3O5S3. The van der Waals surface area contributed by atoms with Gasteiger partial charge in [0, 0.05) is 17.9 Å². The predicted octanol–water partition coefficient (Wildman–Crippen LogP) is 1.34. The standard InChI is InChI=1S/C18H19F2N3O5S3/c1-11-2-5-14(6-3-11)30(25,26)22-21-18(24)16-9-13(29)10-23(16)31(27,28)17-7-4-12(19)8-15(17)20/h2-8,13,16,22,29H,9-10H2,1H3,(H,21,24)/t13-,16+/m1/s1. The minimum absolute atomic E-state index is 0.0384. The van der Waals surface area contributed by atoms with Gasteiger partial charge >= 0.3 is 0 Å². The van der Waals surface area contributed by atoms with Crippen molar-refractivity contribution in [1.29, 1.82) is 0 Å². The zero-order chi connectivity index (χ0) is 23.0. The van der Waals surface area contributed by atoms with Crippen LogP contribution in [0, 0.1) is 18.6 Å². The van der Waals surface area contributed by atoms with Crippen molar-refractivity contribution in [3.05, 3.63) is 59.7 Å². The van der Waals surface area contributed by atoms with E-state index in [1.165, 1.54) is 12.1 Å². The molecule has 0 spiro atoms. The van der Waals surface area contributed by atoms with Crippen LogP contribution in [0.1, 0.15) is 12.0 Å². The lowest BCUT2D eigenvalue weighted by atomic mass is 10.2. The van der Waals surface area contributed by atoms with E-state index < -0.39 is 53.8 Å². The van der Waals surface area contributed by atoms with Crippen molar-refractivity contribution in [3.63, 3.8) is 0 Å². The van der Waals surface area contributed by atoms with E-state index in [0.29, 0.717) is 6.07 Å². The Hall–Kier alpha value is -2.06. The third kappa shape index (κ3) is 5.06. The first-order valence-electron chi connectivity index (χ1n) is 8.95. The normalized spacial score (nSPS) is 20.0. The number of thiol groups is 1. The van der Waals surface area contributed by atoms with Crippen molar-refractivity contribution in [2.45, 2.75) is 34.4 Å². The van der Waals surface area contributed by atoms with E-state index in [1.807, 2.05) is 10.3 Å². The molecule has 1 saturated heterocycles. The monoisotopic (exact) mass is 491 g/mol. The number of nitrogens with zero attached hydrogens (tertiary/aromatic N) is 1. The molecule has 1 aliphatic rings. The topological polar surface area (TPSA) is 113 Å². The fraction of sp³-hybridized carbons (Fsp3) is 0.278. The summed E-state index contributed by atoms with van der Waals surface area (Å²) in [5, 5.41) is -0.553. The number of nitrogens with one attached hydrogen (secondary N) is 2. The smallest absolute Gasteiger partial charge is 0.257 e. The number of halogens is 2. The third-order valence-electron chi connectivity index (χ3n) is 4.66. The Bertz CT molecular complexity index is 1200. The molecule has 3 rings (SSSR count). The Balaban J connectivity index is 1.80. The van der Waals surface area contributed by atoms with E-state index in [2.05, 4.69) is 12.6 Å². The lowest BCUT2D eigenvalue weighted by Gasteiger charge is -2.23. The van der Waals surface area contributed by atoms with Gasteiger partial charge in [0.15, 0.2) is 0 Å². The molecule has 0 radical (unpaired) electrons. The van der Waals surface area contributed by atoms with Crippen LogP contribution in [0.5, 0.6) is 0 Å². The van der Waals surface area contributed by atoms with Crippen molar-refractivity contribution < 1.29 is 30.4 Å². The Morgan fingerprint density at radius 2 is 1.74 bits per heavy atom. The molecule has 2 aromatic carbocycles. The van der Waals surface area contributed by atoms with Crippen LogP contribution in [0.3, 0.4) is 0 Å². The number of amides is 1. The zero-order valence-electron chi connectivity index (χ0n) is 16.1. The van der Waals surface area contributed by atoms with Crippen molar-refractivity contribution in [3.8, 4) is 0 Å². The molecule has 0 bridgehead atoms. The van der Waals surface area contributed by atoms with Gasteiger partial charge in [0.25, 0.3) is 15.9 Å². The molecule has 1 aliphatic heterocycles. The Kier molecular flexibility index (Phi) is 6.72. The van der Waals surface area contributed by atoms with Crippen LogP contribution in [-0.4, -0.2) is 44.9 Å². The van der Waals surface area contributed by atoms with Crippen LogP contribution in [0.2, 0.25) is 0 Å². The zero-order valence-corrected chi connectivity index (χ0v) is 18.6. The van der Waals surface area contributed by atoms with Gasteiger partial charge in [-0.25, -0.2) is 25.6 Å². The lowest BCUT2D eigenvalue weighted by molar-refractivity contribution is -0.124. The van der Waals surface area contributed by atoms with Crippen LogP contribution in [0.15, 0.2) is 52.3 Å². The lowest BCUT2D eigenvalue weighted by Crippen LogP contribution is -2.51. The number of carbonyl (C=O) groups is 1. The summed E-state index contributed by atoms with van der Waals surface area (Å²) in [6.07, 6.45) is -0.0384. The molecule has 1 heterocycles. The second-order valence-corrected chi connectivity index (χ2v) is 11.2. The molecule has 2 N–H and O–H groups in total. The SMILES string of the molecule is Cc1ccc(S(=O)(=O)NNC(=O)[C@@H]2C[C@@H](S)CN2S(=O)(=O)c2ccc(F)cc2F)cc1. The summed E-state index contributed by atoms with van der Waals surface area (Å²) in [6, 6.07) is 6.46. The first-order chi connectivity index (χ1) is 14.4. The van der Waals surface area contributed by atoms with Gasteiger partial charge in [0.05, 0.1) is 4.90 Å². The highest BCUT2D eigenvalue weighted by Crippen LogP contribution is 2.30. The fourth-order valence-electron chi connectivity index (χ4n) is 3.08. The van der Waals surface area contributed by atoms with Gasteiger partial charge in [-0.2, -0.15) is 16.9 Å². The second kappa shape index (κ2) is 8.82. The van der Waals surface area contributed by atoms with Crippen LogP contribution in [-0.2, 0) is 24.8 Å². The Morgan fingerprint density at radius 1 is 1.10 bits per heavy atom. The van der Waals surface area contributed by atoms with Gasteiger partial charge in [-0.3, -0.25) is 10.2 Å². The summed E-state index contributed by atoms with van der Waals surface area (Å²) in [7, 11) is -8.62. The highest BCUT2D eigenvalue weighted by atomic mass is 32.2. The van der Waals surface area contributed by atoms with Gasteiger partial charge in [-0.05, 0) is 37.6 Å². The number of benzene rings is 2. The minimum atomic E-state index is -4.52. The summed E-state index contributed by atoms with van der Waals surface area (Å²) in [5.41, 5.74) is 2.84. The molecule has 31 heavy (non-hydrogen) atoms. The van der Waals surface area contributed by atoms with Crippen LogP contribution < -0.4 is 10.3 Å². The molecule has 13 heteroatoms. The number of sulfonamides is 2. The van der Waals surface area contributed by atoms with E-state index in [1.54, 1.807) is 19.1 Å². The Labute approximate surface area is 184 Å². The first-order valence-corrected chi connectivity index (χ1v) is 12.4. The molecule has 0 aliphatic carbocycles. The van der Waals surface area contributed by atoms with Gasteiger partial charge in [-0.1, -0.05) is 17.7 Å². The summed E-state index contributed by atoms with van der Waals surface area (Å²) in [4.78, 5) is 13.6. The summed E-state index contributed by atoms with van der Waals surface area (Å²) in [5.74, 6) is -3.22. The average molecular weight is 492 g/mol. The van der Waals surface area contributed by atoms with E-state index >= 15 is 0 Å². The van der Waals surface area contributed by atoms with Crippen molar-refractivity contribution in [2.24, 2.45) is 0 Å². The summed E-state index contributed by atoms with van der Waals surface area (Å²) in [6.45, 7) is 1.56. The van der Waals surface area contributed by atoms with Crippen molar-refractivity contribution in [1.82, 2.24) is 14.6 Å². The number of hydrogen-bond acceptors (Lipinski definition) is 6. The first kappa shape index (κ1) is 23.6. The van der Waals surface area contributed by atoms with Crippen molar-refractivity contribution >= 4 is 38.6 Å². The Morgan fingerprint density at radius 3 is 2.35 bits per heavy atom. The van der Waals surface area contributed by atoms with E-state index in [9.17, 15) is 30.4 Å². The molecule has 168 valence electrons. The molecule has 0 aromatic heterocycles. The number of hydrazine groups is 1. The van der Waals surface area contributed by atoms with Gasteiger partial charge < -0.3 is 0 Å². The van der Waals surface area contributed by atoms with Crippen LogP contribution >= 0.6 is 12.6 Å². The summed E-state index contributed by atoms with van der Waals surface area (Å²) >= 11 is 4.21. The maximum absolute atomic E-state index is 14.1. The molecule has 2 aromatic rings. The maximum Gasteiger partial charge on any atom is 0.257 e. The van der Waals surface area contributed by atoms with Gasteiger partial charge in [0.1, 0.15) is 22.6 Å². The number of hydrogen-bond donors (Lipinski definition) is 3. The van der Waals surface area contributed by atoms with Gasteiger partial charge in [-0.15, -0.1) is 4.83 Å². The fourth-order valence-corrected chi connectivity index (χ4v) is 6.10. The number of carbonyl (C=O) groups excluding carboxylic acids is 1. The number of rotatable bonds is 6. The molecule has 1 amide bonds. The summed E-state index contributed by atoms with van der Waals surface area (Å²) < 4.78 is 78.4. The average Bonchev–Trinajstić information content (AvgIpc) is 3.09. The number of aryl methyl sites for hydroxylation is 1. The van der Waals surface area contributed by atoms with Crippen molar-refractivity contribution in [2.75, 3.05) is 6.54 Å². The molecule has 8 nitrogen and oxygen atoms in total. The second-order valence-electron chi connectivity index (χ2n) is 6.96. The maximum atomic E-state index is 14.1. The van der Waals surface area contributed by atoms with Crippen LogP contribution in [0.25, 0.3) is 0 Å². The minimum Gasteiger partial charge on any atom is -0.276 e. The quantitative estimate of drug-likeness (QED) is 0.417. The van der Waals surface area contributed by atoms with Crippen LogP contribution in [0.4, 0.5) is 8.78 Å².